The lowest BCUT2D eigenvalue weighted by atomic mass is 10.1. The van der Waals surface area contributed by atoms with Gasteiger partial charge in [-0.05, 0) is 55.3 Å². The first-order valence-electron chi connectivity index (χ1n) is 9.02. The molecule has 1 heterocycles. The summed E-state index contributed by atoms with van der Waals surface area (Å²) in [6, 6.07) is 11.4. The molecule has 6 heteroatoms. The number of aryl methyl sites for hydroxylation is 2. The maximum Gasteiger partial charge on any atom is 0.260 e. The molecule has 0 atom stereocenters. The zero-order valence-electron chi connectivity index (χ0n) is 16.5. The van der Waals surface area contributed by atoms with Crippen molar-refractivity contribution in [1.82, 2.24) is 4.98 Å². The van der Waals surface area contributed by atoms with Gasteiger partial charge in [-0.25, -0.2) is 4.98 Å². The van der Waals surface area contributed by atoms with Crippen LogP contribution in [-0.4, -0.2) is 45.2 Å². The SMILES string of the molecule is COc1ccc(C(=O)N(CC[NH+](C)C)c2nc3c(C)c(C)ccc3s2)cc1. The molecule has 0 radical (unpaired) electrons. The van der Waals surface area contributed by atoms with Crippen LogP contribution < -0.4 is 14.5 Å². The minimum atomic E-state index is -0.0349. The minimum absolute atomic E-state index is 0.0349. The van der Waals surface area contributed by atoms with Crippen LogP contribution in [-0.2, 0) is 0 Å². The Bertz CT molecular complexity index is 948. The summed E-state index contributed by atoms with van der Waals surface area (Å²) < 4.78 is 6.31. The van der Waals surface area contributed by atoms with E-state index in [0.717, 1.165) is 27.6 Å². The summed E-state index contributed by atoms with van der Waals surface area (Å²) >= 11 is 1.57. The Hall–Kier alpha value is -2.44. The Kier molecular flexibility index (Phi) is 5.77. The third-order valence-electron chi connectivity index (χ3n) is 4.72. The van der Waals surface area contributed by atoms with E-state index in [1.807, 2.05) is 12.1 Å². The van der Waals surface area contributed by atoms with Crippen molar-refractivity contribution in [1.29, 1.82) is 0 Å². The number of methoxy groups -OCH3 is 1. The van der Waals surface area contributed by atoms with Crippen LogP contribution in [0.4, 0.5) is 5.13 Å². The molecule has 3 rings (SSSR count). The number of amides is 1. The van der Waals surface area contributed by atoms with Crippen molar-refractivity contribution in [2.75, 3.05) is 39.2 Å². The highest BCUT2D eigenvalue weighted by molar-refractivity contribution is 7.22. The normalized spacial score (nSPS) is 11.2. The van der Waals surface area contributed by atoms with Crippen LogP contribution in [0.2, 0.25) is 0 Å². The van der Waals surface area contributed by atoms with Gasteiger partial charge in [-0.3, -0.25) is 9.69 Å². The molecule has 0 unspecified atom stereocenters. The summed E-state index contributed by atoms with van der Waals surface area (Å²) in [5, 5.41) is 0.751. The molecule has 1 N–H and O–H groups in total. The number of fused-ring (bicyclic) bond motifs is 1. The Morgan fingerprint density at radius 3 is 2.48 bits per heavy atom. The van der Waals surface area contributed by atoms with E-state index >= 15 is 0 Å². The standard InChI is InChI=1S/C21H25N3O2S/c1-14-6-11-18-19(15(14)2)22-21(27-18)24(13-12-23(3)4)20(25)16-7-9-17(26-5)10-8-16/h6-11H,12-13H2,1-5H3/p+1. The number of nitrogens with zero attached hydrogens (tertiary/aromatic N) is 2. The highest BCUT2D eigenvalue weighted by atomic mass is 32.1. The number of nitrogens with one attached hydrogen (secondary N) is 1. The number of hydrogen-bond donors (Lipinski definition) is 1. The average Bonchev–Trinajstić information content (AvgIpc) is 3.09. The molecule has 0 spiro atoms. The molecular weight excluding hydrogens is 358 g/mol. The molecular formula is C21H26N3O2S+. The molecule has 0 saturated carbocycles. The number of rotatable bonds is 6. The first-order valence-corrected chi connectivity index (χ1v) is 9.84. The lowest BCUT2D eigenvalue weighted by Gasteiger charge is -2.20. The predicted octanol–water partition coefficient (Wildman–Crippen LogP) is 2.71. The number of benzene rings is 2. The van der Waals surface area contributed by atoms with Crippen LogP contribution >= 0.6 is 11.3 Å². The summed E-state index contributed by atoms with van der Waals surface area (Å²) in [7, 11) is 5.79. The van der Waals surface area contributed by atoms with E-state index < -0.39 is 0 Å². The lowest BCUT2D eigenvalue weighted by Crippen LogP contribution is -3.06. The minimum Gasteiger partial charge on any atom is -0.497 e. The van der Waals surface area contributed by atoms with E-state index in [1.54, 1.807) is 35.5 Å². The van der Waals surface area contributed by atoms with E-state index in [0.29, 0.717) is 12.1 Å². The van der Waals surface area contributed by atoms with Crippen molar-refractivity contribution in [2.24, 2.45) is 0 Å². The van der Waals surface area contributed by atoms with Crippen LogP contribution in [0.15, 0.2) is 36.4 Å². The number of carbonyl (C=O) groups excluding carboxylic acids is 1. The summed E-state index contributed by atoms with van der Waals surface area (Å²) in [6.45, 7) is 5.63. The second kappa shape index (κ2) is 8.06. The number of carbonyl (C=O) groups is 1. The van der Waals surface area contributed by atoms with Gasteiger partial charge in [0, 0.05) is 5.56 Å². The van der Waals surface area contributed by atoms with Crippen molar-refractivity contribution < 1.29 is 14.4 Å². The number of anilines is 1. The van der Waals surface area contributed by atoms with E-state index in [9.17, 15) is 4.79 Å². The van der Waals surface area contributed by atoms with Gasteiger partial charge in [0.15, 0.2) is 5.13 Å². The second-order valence-electron chi connectivity index (χ2n) is 6.99. The first-order chi connectivity index (χ1) is 12.9. The Morgan fingerprint density at radius 1 is 1.15 bits per heavy atom. The van der Waals surface area contributed by atoms with Gasteiger partial charge in [0.1, 0.15) is 5.75 Å². The number of hydrogen-bond acceptors (Lipinski definition) is 4. The number of thiazole rings is 1. The largest absolute Gasteiger partial charge is 0.497 e. The van der Waals surface area contributed by atoms with Crippen LogP contribution in [0.5, 0.6) is 5.75 Å². The summed E-state index contributed by atoms with van der Waals surface area (Å²) in [6.07, 6.45) is 0. The Balaban J connectivity index is 1.99. The molecule has 0 saturated heterocycles. The fourth-order valence-corrected chi connectivity index (χ4v) is 3.89. The van der Waals surface area contributed by atoms with Gasteiger partial charge in [-0.15, -0.1) is 0 Å². The first kappa shape index (κ1) is 19.3. The molecule has 1 aromatic heterocycles. The third-order valence-corrected chi connectivity index (χ3v) is 5.77. The Morgan fingerprint density at radius 2 is 1.85 bits per heavy atom. The average molecular weight is 385 g/mol. The quantitative estimate of drug-likeness (QED) is 0.711. The van der Waals surface area contributed by atoms with Gasteiger partial charge in [0.05, 0.1) is 44.5 Å². The van der Waals surface area contributed by atoms with E-state index in [4.69, 9.17) is 9.72 Å². The van der Waals surface area contributed by atoms with Gasteiger partial charge < -0.3 is 9.64 Å². The highest BCUT2D eigenvalue weighted by Gasteiger charge is 2.22. The molecule has 0 fully saturated rings. The number of quaternary nitrogens is 1. The van der Waals surface area contributed by atoms with Crippen LogP contribution in [0, 0.1) is 13.8 Å². The molecule has 0 aliphatic rings. The number of likely N-dealkylation sites (N-methyl/N-ethyl adjacent to an activating group) is 1. The second-order valence-corrected chi connectivity index (χ2v) is 8.00. The lowest BCUT2D eigenvalue weighted by molar-refractivity contribution is -0.856. The molecule has 3 aromatic rings. The zero-order chi connectivity index (χ0) is 19.6. The van der Waals surface area contributed by atoms with Crippen molar-refractivity contribution in [3.63, 3.8) is 0 Å². The van der Waals surface area contributed by atoms with E-state index in [-0.39, 0.29) is 5.91 Å². The van der Waals surface area contributed by atoms with E-state index in [2.05, 4.69) is 40.1 Å². The van der Waals surface area contributed by atoms with Crippen molar-refractivity contribution in [3.05, 3.63) is 53.1 Å². The van der Waals surface area contributed by atoms with Crippen LogP contribution in [0.25, 0.3) is 10.2 Å². The maximum atomic E-state index is 13.2. The van der Waals surface area contributed by atoms with Crippen molar-refractivity contribution in [3.8, 4) is 5.75 Å². The molecule has 0 bridgehead atoms. The van der Waals surface area contributed by atoms with Gasteiger partial charge in [-0.2, -0.15) is 0 Å². The molecule has 27 heavy (non-hydrogen) atoms. The van der Waals surface area contributed by atoms with Crippen LogP contribution in [0.1, 0.15) is 21.5 Å². The summed E-state index contributed by atoms with van der Waals surface area (Å²) in [5.74, 6) is 0.703. The van der Waals surface area contributed by atoms with Gasteiger partial charge in [0.25, 0.3) is 5.91 Å². The predicted molar refractivity (Wildman–Crippen MR) is 111 cm³/mol. The fourth-order valence-electron chi connectivity index (χ4n) is 2.84. The van der Waals surface area contributed by atoms with E-state index in [1.165, 1.54) is 16.0 Å². The van der Waals surface area contributed by atoms with Crippen molar-refractivity contribution in [2.45, 2.75) is 13.8 Å². The zero-order valence-corrected chi connectivity index (χ0v) is 17.3. The maximum absolute atomic E-state index is 13.2. The monoisotopic (exact) mass is 384 g/mol. The van der Waals surface area contributed by atoms with Gasteiger partial charge >= 0.3 is 0 Å². The molecule has 0 aliphatic heterocycles. The summed E-state index contributed by atoms with van der Waals surface area (Å²) in [4.78, 5) is 21.1. The van der Waals surface area contributed by atoms with Crippen molar-refractivity contribution >= 4 is 32.6 Å². The smallest absolute Gasteiger partial charge is 0.260 e. The molecule has 1 amide bonds. The number of aromatic nitrogens is 1. The molecule has 2 aromatic carbocycles. The fraction of sp³-hybridized carbons (Fsp3) is 0.333. The van der Waals surface area contributed by atoms with Crippen LogP contribution in [0.3, 0.4) is 0 Å². The Labute approximate surface area is 164 Å². The topological polar surface area (TPSA) is 46.9 Å². The van der Waals surface area contributed by atoms with Gasteiger partial charge in [-0.1, -0.05) is 17.4 Å². The summed E-state index contributed by atoms with van der Waals surface area (Å²) in [5.41, 5.74) is 4.01. The van der Waals surface area contributed by atoms with Gasteiger partial charge in [0.2, 0.25) is 0 Å². The number of ether oxygens (including phenoxy) is 1. The highest BCUT2D eigenvalue weighted by Crippen LogP contribution is 2.32. The third kappa shape index (κ3) is 4.12. The molecule has 0 aliphatic carbocycles. The molecule has 142 valence electrons. The molecule has 5 nitrogen and oxygen atoms in total.